The number of nitrogens with zero attached hydrogens (tertiary/aromatic N) is 2. The topological polar surface area (TPSA) is 57.9 Å². The molecular weight excluding hydrogens is 349 g/mol. The first-order valence-electron chi connectivity index (χ1n) is 8.01. The lowest BCUT2D eigenvalue weighted by molar-refractivity contribution is 0.342. The molecule has 0 aliphatic rings. The van der Waals surface area contributed by atoms with Crippen LogP contribution < -0.4 is 10.1 Å². The summed E-state index contributed by atoms with van der Waals surface area (Å²) in [6.45, 7) is 2.47. The Kier molecular flexibility index (Phi) is 5.62. The smallest absolute Gasteiger partial charge is 0.142 e. The molecule has 0 spiro atoms. The van der Waals surface area contributed by atoms with Gasteiger partial charge >= 0.3 is 0 Å². The predicted octanol–water partition coefficient (Wildman–Crippen LogP) is 5.32. The van der Waals surface area contributed by atoms with Gasteiger partial charge in [0.15, 0.2) is 0 Å². The fourth-order valence-corrected chi connectivity index (χ4v) is 3.10. The van der Waals surface area contributed by atoms with Gasteiger partial charge in [-0.25, -0.2) is 9.37 Å². The number of nitriles is 1. The maximum absolute atomic E-state index is 13.1. The number of hydrogen-bond donors (Lipinski definition) is 1. The molecular formula is C20H16FN3OS. The Hall–Kier alpha value is -3.17. The van der Waals surface area contributed by atoms with Crippen molar-refractivity contribution in [1.82, 2.24) is 4.98 Å². The number of allylic oxidation sites excluding steroid dienone is 1. The van der Waals surface area contributed by atoms with Crippen LogP contribution in [0.1, 0.15) is 11.9 Å². The monoisotopic (exact) mass is 365 g/mol. The molecule has 1 aromatic heterocycles. The van der Waals surface area contributed by atoms with Gasteiger partial charge in [-0.15, -0.1) is 11.3 Å². The molecule has 0 atom stereocenters. The van der Waals surface area contributed by atoms with Crippen molar-refractivity contribution in [3.63, 3.8) is 0 Å². The van der Waals surface area contributed by atoms with E-state index in [9.17, 15) is 9.65 Å². The summed E-state index contributed by atoms with van der Waals surface area (Å²) in [4.78, 5) is 4.49. The van der Waals surface area contributed by atoms with Crippen LogP contribution in [0.25, 0.3) is 16.8 Å². The van der Waals surface area contributed by atoms with Crippen LogP contribution in [0, 0.1) is 17.1 Å². The van der Waals surface area contributed by atoms with Crippen molar-refractivity contribution in [2.45, 2.75) is 6.92 Å². The van der Waals surface area contributed by atoms with Crippen molar-refractivity contribution in [2.24, 2.45) is 0 Å². The van der Waals surface area contributed by atoms with Gasteiger partial charge in [0.05, 0.1) is 18.0 Å². The molecule has 0 aliphatic heterocycles. The van der Waals surface area contributed by atoms with Crippen LogP contribution in [0.3, 0.4) is 0 Å². The SMILES string of the molecule is CCOc1ccccc1N/C=C(\C#N)c1nc(-c2ccc(F)cc2)cs1. The Labute approximate surface area is 155 Å². The van der Waals surface area contributed by atoms with Crippen LogP contribution in [0.4, 0.5) is 10.1 Å². The Morgan fingerprint density at radius 2 is 2.04 bits per heavy atom. The first kappa shape index (κ1) is 17.6. The van der Waals surface area contributed by atoms with Crippen LogP contribution in [0.15, 0.2) is 60.1 Å². The lowest BCUT2D eigenvalue weighted by atomic mass is 10.2. The van der Waals surface area contributed by atoms with E-state index in [1.165, 1.54) is 23.5 Å². The molecule has 2 aromatic carbocycles. The number of para-hydroxylation sites is 2. The van der Waals surface area contributed by atoms with E-state index in [0.29, 0.717) is 22.9 Å². The van der Waals surface area contributed by atoms with E-state index in [0.717, 1.165) is 17.0 Å². The molecule has 130 valence electrons. The van der Waals surface area contributed by atoms with E-state index in [-0.39, 0.29) is 5.82 Å². The second-order valence-corrected chi connectivity index (χ2v) is 6.15. The molecule has 0 unspecified atom stereocenters. The first-order valence-corrected chi connectivity index (χ1v) is 8.89. The fourth-order valence-electron chi connectivity index (χ4n) is 2.31. The highest BCUT2D eigenvalue weighted by Crippen LogP contribution is 2.28. The Morgan fingerprint density at radius 3 is 2.77 bits per heavy atom. The van der Waals surface area contributed by atoms with Gasteiger partial charge in [-0.3, -0.25) is 0 Å². The Balaban J connectivity index is 1.82. The van der Waals surface area contributed by atoms with Crippen LogP contribution in [-0.4, -0.2) is 11.6 Å². The molecule has 3 aromatic rings. The minimum Gasteiger partial charge on any atom is -0.492 e. The molecule has 3 rings (SSSR count). The standard InChI is InChI=1S/C20H16FN3OS/c1-2-25-19-6-4-3-5-17(19)23-12-15(11-22)20-24-18(13-26-20)14-7-9-16(21)10-8-14/h3-10,12-13,23H,2H2,1H3/b15-12+. The van der Waals surface area contributed by atoms with Gasteiger partial charge in [0.25, 0.3) is 0 Å². The van der Waals surface area contributed by atoms with Gasteiger partial charge in [-0.2, -0.15) is 5.26 Å². The van der Waals surface area contributed by atoms with E-state index in [1.54, 1.807) is 18.3 Å². The van der Waals surface area contributed by atoms with Gasteiger partial charge in [-0.05, 0) is 43.3 Å². The van der Waals surface area contributed by atoms with Crippen LogP contribution in [0.2, 0.25) is 0 Å². The average molecular weight is 365 g/mol. The van der Waals surface area contributed by atoms with Crippen molar-refractivity contribution in [3.8, 4) is 23.1 Å². The first-order chi connectivity index (χ1) is 12.7. The molecule has 0 bridgehead atoms. The van der Waals surface area contributed by atoms with Crippen molar-refractivity contribution in [3.05, 3.63) is 70.9 Å². The normalized spacial score (nSPS) is 11.0. The van der Waals surface area contributed by atoms with Crippen LogP contribution in [0.5, 0.6) is 5.75 Å². The van der Waals surface area contributed by atoms with Gasteiger partial charge in [0, 0.05) is 17.1 Å². The van der Waals surface area contributed by atoms with E-state index in [4.69, 9.17) is 4.74 Å². The molecule has 0 saturated heterocycles. The number of benzene rings is 2. The summed E-state index contributed by atoms with van der Waals surface area (Å²) in [6, 6.07) is 15.8. The molecule has 26 heavy (non-hydrogen) atoms. The quantitative estimate of drug-likeness (QED) is 0.600. The van der Waals surface area contributed by atoms with Crippen molar-refractivity contribution in [2.75, 3.05) is 11.9 Å². The average Bonchev–Trinajstić information content (AvgIpc) is 3.14. The van der Waals surface area contributed by atoms with Gasteiger partial charge in [0.1, 0.15) is 28.2 Å². The third kappa shape index (κ3) is 4.08. The molecule has 0 amide bonds. The largest absolute Gasteiger partial charge is 0.492 e. The molecule has 1 heterocycles. The number of nitrogens with one attached hydrogen (secondary N) is 1. The summed E-state index contributed by atoms with van der Waals surface area (Å²) in [5, 5.41) is 15.0. The van der Waals surface area contributed by atoms with Gasteiger partial charge < -0.3 is 10.1 Å². The second kappa shape index (κ2) is 8.28. The fraction of sp³-hybridized carbons (Fsp3) is 0.100. The third-order valence-electron chi connectivity index (χ3n) is 3.55. The summed E-state index contributed by atoms with van der Waals surface area (Å²) in [6.07, 6.45) is 1.62. The highest BCUT2D eigenvalue weighted by Gasteiger charge is 2.10. The summed E-state index contributed by atoms with van der Waals surface area (Å²) in [7, 11) is 0. The van der Waals surface area contributed by atoms with Crippen molar-refractivity contribution >= 4 is 22.6 Å². The molecule has 4 nitrogen and oxygen atoms in total. The predicted molar refractivity (Wildman–Crippen MR) is 102 cm³/mol. The number of anilines is 1. The molecule has 0 saturated carbocycles. The molecule has 0 fully saturated rings. The summed E-state index contributed by atoms with van der Waals surface area (Å²) in [5.41, 5.74) is 2.70. The van der Waals surface area contributed by atoms with E-state index in [1.807, 2.05) is 36.6 Å². The van der Waals surface area contributed by atoms with Crippen LogP contribution in [-0.2, 0) is 0 Å². The summed E-state index contributed by atoms with van der Waals surface area (Å²) < 4.78 is 18.6. The highest BCUT2D eigenvalue weighted by atomic mass is 32.1. The van der Waals surface area contributed by atoms with Crippen LogP contribution >= 0.6 is 11.3 Å². The maximum atomic E-state index is 13.1. The van der Waals surface area contributed by atoms with Gasteiger partial charge in [-0.1, -0.05) is 12.1 Å². The number of ether oxygens (including phenoxy) is 1. The number of halogens is 1. The number of aromatic nitrogens is 1. The van der Waals surface area contributed by atoms with E-state index in [2.05, 4.69) is 16.4 Å². The maximum Gasteiger partial charge on any atom is 0.142 e. The Morgan fingerprint density at radius 1 is 1.27 bits per heavy atom. The van der Waals surface area contributed by atoms with E-state index >= 15 is 0 Å². The van der Waals surface area contributed by atoms with E-state index < -0.39 is 0 Å². The van der Waals surface area contributed by atoms with Gasteiger partial charge in [0.2, 0.25) is 0 Å². The minimum absolute atomic E-state index is 0.293. The number of hydrogen-bond acceptors (Lipinski definition) is 5. The zero-order valence-electron chi connectivity index (χ0n) is 14.1. The lowest BCUT2D eigenvalue weighted by Gasteiger charge is -2.09. The molecule has 6 heteroatoms. The lowest BCUT2D eigenvalue weighted by Crippen LogP contribution is -1.97. The number of rotatable bonds is 6. The zero-order chi connectivity index (χ0) is 18.4. The molecule has 0 aliphatic carbocycles. The molecule has 1 N–H and O–H groups in total. The molecule has 0 radical (unpaired) electrons. The summed E-state index contributed by atoms with van der Waals surface area (Å²) in [5.74, 6) is 0.425. The van der Waals surface area contributed by atoms with Crippen molar-refractivity contribution < 1.29 is 9.13 Å². The minimum atomic E-state index is -0.293. The highest BCUT2D eigenvalue weighted by molar-refractivity contribution is 7.11. The third-order valence-corrected chi connectivity index (χ3v) is 4.43. The zero-order valence-corrected chi connectivity index (χ0v) is 14.9. The van der Waals surface area contributed by atoms with Crippen molar-refractivity contribution in [1.29, 1.82) is 5.26 Å². The number of thiazole rings is 1. The Bertz CT molecular complexity index is 958. The summed E-state index contributed by atoms with van der Waals surface area (Å²) >= 11 is 1.36. The second-order valence-electron chi connectivity index (χ2n) is 5.29.